The number of hydrogen-bond donors (Lipinski definition) is 1. The Morgan fingerprint density at radius 2 is 1.95 bits per heavy atom. The number of carboxylic acid groups (broad SMARTS) is 1. The van der Waals surface area contributed by atoms with E-state index in [1.54, 1.807) is 0 Å². The smallest absolute Gasteiger partial charge is 0.328 e. The lowest BCUT2D eigenvalue weighted by Crippen LogP contribution is -2.39. The van der Waals surface area contributed by atoms with Crippen LogP contribution in [0.5, 0.6) is 0 Å². The van der Waals surface area contributed by atoms with E-state index in [1.165, 1.54) is 24.5 Å². The van der Waals surface area contributed by atoms with E-state index >= 15 is 0 Å². The summed E-state index contributed by atoms with van der Waals surface area (Å²) >= 11 is 0. The van der Waals surface area contributed by atoms with Crippen molar-refractivity contribution in [1.82, 2.24) is 9.88 Å². The second-order valence-corrected chi connectivity index (χ2v) is 5.46. The molecule has 2 fully saturated rings. The number of hydrogen-bond acceptors (Lipinski definition) is 3. The largest absolute Gasteiger partial charge is 0.478 e. The molecule has 3 heterocycles. The zero-order valence-corrected chi connectivity index (χ0v) is 10.8. The number of pyridine rings is 1. The van der Waals surface area contributed by atoms with Gasteiger partial charge in [0.2, 0.25) is 0 Å². The number of carbonyl (C=O) groups is 1. The Bertz CT molecular complexity index is 482. The first-order valence-corrected chi connectivity index (χ1v) is 6.79. The van der Waals surface area contributed by atoms with Crippen LogP contribution in [0.3, 0.4) is 0 Å². The minimum Gasteiger partial charge on any atom is -0.478 e. The fraction of sp³-hybridized carbons (Fsp3) is 0.467. The number of piperidine rings is 1. The van der Waals surface area contributed by atoms with Crippen LogP contribution in [0.4, 0.5) is 0 Å². The molecule has 2 aliphatic rings. The highest BCUT2D eigenvalue weighted by Gasteiger charge is 2.38. The molecule has 2 bridgehead atoms. The molecule has 2 atom stereocenters. The maximum absolute atomic E-state index is 10.8. The first-order chi connectivity index (χ1) is 9.22. The van der Waals surface area contributed by atoms with Crippen molar-refractivity contribution >= 4 is 5.97 Å². The predicted octanol–water partition coefficient (Wildman–Crippen LogP) is 2.22. The molecular formula is C15H18N2O2. The molecule has 3 rings (SSSR count). The number of nitrogens with zero attached hydrogens (tertiary/aromatic N) is 2. The van der Waals surface area contributed by atoms with Crippen LogP contribution in [0.25, 0.3) is 0 Å². The first-order valence-electron chi connectivity index (χ1n) is 6.79. The molecule has 1 aromatic rings. The van der Waals surface area contributed by atoms with Gasteiger partial charge in [-0.3, -0.25) is 9.88 Å². The SMILES string of the molecule is O=C(O)C=C1CC2CCC(C1)N2Cc1ccncc1. The Balaban J connectivity index is 1.72. The van der Waals surface area contributed by atoms with Crippen LogP contribution in [0.2, 0.25) is 0 Å². The Kier molecular flexibility index (Phi) is 3.34. The summed E-state index contributed by atoms with van der Waals surface area (Å²) in [7, 11) is 0. The molecule has 100 valence electrons. The number of rotatable bonds is 3. The van der Waals surface area contributed by atoms with Gasteiger partial charge in [-0.15, -0.1) is 0 Å². The molecule has 4 nitrogen and oxygen atoms in total. The Labute approximate surface area is 112 Å². The molecule has 4 heteroatoms. The van der Waals surface area contributed by atoms with Crippen molar-refractivity contribution in [3.8, 4) is 0 Å². The number of carboxylic acids is 1. The summed E-state index contributed by atoms with van der Waals surface area (Å²) in [4.78, 5) is 17.4. The topological polar surface area (TPSA) is 53.4 Å². The highest BCUT2D eigenvalue weighted by molar-refractivity contribution is 5.80. The van der Waals surface area contributed by atoms with E-state index in [4.69, 9.17) is 5.11 Å². The quantitative estimate of drug-likeness (QED) is 0.845. The van der Waals surface area contributed by atoms with Crippen LogP contribution < -0.4 is 0 Å². The van der Waals surface area contributed by atoms with E-state index in [0.29, 0.717) is 12.1 Å². The molecule has 0 aliphatic carbocycles. The number of aliphatic carboxylic acids is 1. The van der Waals surface area contributed by atoms with Gasteiger partial charge in [-0.25, -0.2) is 4.79 Å². The summed E-state index contributed by atoms with van der Waals surface area (Å²) in [6, 6.07) is 5.14. The average molecular weight is 258 g/mol. The number of aromatic nitrogens is 1. The van der Waals surface area contributed by atoms with Crippen molar-refractivity contribution in [2.45, 2.75) is 44.3 Å². The zero-order chi connectivity index (χ0) is 13.2. The summed E-state index contributed by atoms with van der Waals surface area (Å²) < 4.78 is 0. The van der Waals surface area contributed by atoms with E-state index in [2.05, 4.69) is 22.0 Å². The minimum atomic E-state index is -0.808. The summed E-state index contributed by atoms with van der Waals surface area (Å²) in [5.41, 5.74) is 2.39. The monoisotopic (exact) mass is 258 g/mol. The molecule has 0 aromatic carbocycles. The van der Waals surface area contributed by atoms with Gasteiger partial charge in [0.15, 0.2) is 0 Å². The molecule has 0 radical (unpaired) electrons. The molecule has 0 amide bonds. The van der Waals surface area contributed by atoms with Crippen LogP contribution in [0, 0.1) is 0 Å². The van der Waals surface area contributed by atoms with Gasteiger partial charge >= 0.3 is 5.97 Å². The van der Waals surface area contributed by atoms with Gasteiger partial charge < -0.3 is 5.11 Å². The second-order valence-electron chi connectivity index (χ2n) is 5.46. The van der Waals surface area contributed by atoms with Gasteiger partial charge in [0.05, 0.1) is 0 Å². The minimum absolute atomic E-state index is 0.512. The third-order valence-electron chi connectivity index (χ3n) is 4.21. The van der Waals surface area contributed by atoms with E-state index < -0.39 is 5.97 Å². The lowest BCUT2D eigenvalue weighted by molar-refractivity contribution is -0.131. The van der Waals surface area contributed by atoms with Gasteiger partial charge in [-0.1, -0.05) is 5.57 Å². The van der Waals surface area contributed by atoms with Crippen LogP contribution in [-0.4, -0.2) is 33.0 Å². The van der Waals surface area contributed by atoms with E-state index in [0.717, 1.165) is 25.0 Å². The highest BCUT2D eigenvalue weighted by Crippen LogP contribution is 2.39. The fourth-order valence-corrected chi connectivity index (χ4v) is 3.39. The maximum Gasteiger partial charge on any atom is 0.328 e. The van der Waals surface area contributed by atoms with Crippen molar-refractivity contribution in [2.24, 2.45) is 0 Å². The maximum atomic E-state index is 10.8. The predicted molar refractivity (Wildman–Crippen MR) is 71.5 cm³/mol. The molecule has 1 N–H and O–H groups in total. The van der Waals surface area contributed by atoms with Crippen molar-refractivity contribution in [2.75, 3.05) is 0 Å². The molecule has 2 aliphatic heterocycles. The summed E-state index contributed by atoms with van der Waals surface area (Å²) in [6.07, 6.45) is 9.27. The standard InChI is InChI=1S/C15H18N2O2/c18-15(19)9-12-7-13-1-2-14(8-12)17(13)10-11-3-5-16-6-4-11/h3-6,9,13-14H,1-2,7-8,10H2,(H,18,19). The second kappa shape index (κ2) is 5.13. The van der Waals surface area contributed by atoms with Gasteiger partial charge in [0, 0.05) is 37.1 Å². The first kappa shape index (κ1) is 12.4. The molecule has 1 aromatic heterocycles. The summed E-state index contributed by atoms with van der Waals surface area (Å²) in [5, 5.41) is 8.86. The lowest BCUT2D eigenvalue weighted by Gasteiger charge is -2.36. The molecule has 19 heavy (non-hydrogen) atoms. The van der Waals surface area contributed by atoms with Gasteiger partial charge in [-0.05, 0) is 43.4 Å². The van der Waals surface area contributed by atoms with Crippen LogP contribution in [-0.2, 0) is 11.3 Å². The van der Waals surface area contributed by atoms with Crippen LogP contribution >= 0.6 is 0 Å². The Morgan fingerprint density at radius 3 is 2.53 bits per heavy atom. The van der Waals surface area contributed by atoms with Gasteiger partial charge in [0.1, 0.15) is 0 Å². The third-order valence-corrected chi connectivity index (χ3v) is 4.21. The van der Waals surface area contributed by atoms with Crippen molar-refractivity contribution in [1.29, 1.82) is 0 Å². The third kappa shape index (κ3) is 2.68. The summed E-state index contributed by atoms with van der Waals surface area (Å²) in [5.74, 6) is -0.808. The van der Waals surface area contributed by atoms with E-state index in [1.807, 2.05) is 12.4 Å². The van der Waals surface area contributed by atoms with Crippen molar-refractivity contribution in [3.05, 3.63) is 41.7 Å². The molecule has 2 unspecified atom stereocenters. The highest BCUT2D eigenvalue weighted by atomic mass is 16.4. The average Bonchev–Trinajstić information content (AvgIpc) is 2.62. The fourth-order valence-electron chi connectivity index (χ4n) is 3.39. The molecular weight excluding hydrogens is 240 g/mol. The molecule has 0 saturated carbocycles. The Morgan fingerprint density at radius 1 is 1.32 bits per heavy atom. The van der Waals surface area contributed by atoms with Gasteiger partial charge in [-0.2, -0.15) is 0 Å². The van der Waals surface area contributed by atoms with Crippen molar-refractivity contribution in [3.63, 3.8) is 0 Å². The normalized spacial score (nSPS) is 26.4. The van der Waals surface area contributed by atoms with E-state index in [-0.39, 0.29) is 0 Å². The van der Waals surface area contributed by atoms with Crippen LogP contribution in [0.15, 0.2) is 36.2 Å². The van der Waals surface area contributed by atoms with Gasteiger partial charge in [0.25, 0.3) is 0 Å². The summed E-state index contributed by atoms with van der Waals surface area (Å²) in [6.45, 7) is 0.957. The van der Waals surface area contributed by atoms with Crippen molar-refractivity contribution < 1.29 is 9.90 Å². The number of fused-ring (bicyclic) bond motifs is 2. The zero-order valence-electron chi connectivity index (χ0n) is 10.8. The Hall–Kier alpha value is -1.68. The molecule has 2 saturated heterocycles. The van der Waals surface area contributed by atoms with E-state index in [9.17, 15) is 4.79 Å². The molecule has 0 spiro atoms. The lowest BCUT2D eigenvalue weighted by atomic mass is 9.96. The van der Waals surface area contributed by atoms with Crippen LogP contribution in [0.1, 0.15) is 31.2 Å².